The molecule has 16 heavy (non-hydrogen) atoms. The smallest absolute Gasteiger partial charge is 0.0483 e. The van der Waals surface area contributed by atoms with Gasteiger partial charge in [0.05, 0.1) is 0 Å². The van der Waals surface area contributed by atoms with Gasteiger partial charge in [-0.3, -0.25) is 0 Å². The van der Waals surface area contributed by atoms with Gasteiger partial charge in [0.1, 0.15) is 0 Å². The van der Waals surface area contributed by atoms with Crippen molar-refractivity contribution in [3.05, 3.63) is 40.4 Å². The number of hydrogen-bond donors (Lipinski definition) is 0. The van der Waals surface area contributed by atoms with E-state index in [1.54, 1.807) is 0 Å². The van der Waals surface area contributed by atoms with Crippen LogP contribution in [0.2, 0.25) is 5.02 Å². The lowest BCUT2D eigenvalue weighted by atomic mass is 9.87. The first-order valence-corrected chi connectivity index (χ1v) is 6.55. The van der Waals surface area contributed by atoms with Crippen LogP contribution in [0.25, 0.3) is 5.57 Å². The van der Waals surface area contributed by atoms with Crippen LogP contribution in [0.4, 0.5) is 0 Å². The summed E-state index contributed by atoms with van der Waals surface area (Å²) in [6, 6.07) is 6.28. The van der Waals surface area contributed by atoms with Crippen molar-refractivity contribution in [2.75, 3.05) is 0 Å². The molecule has 0 heterocycles. The Morgan fingerprint density at radius 2 is 2.00 bits per heavy atom. The first-order valence-electron chi connectivity index (χ1n) is 6.18. The van der Waals surface area contributed by atoms with E-state index in [0.29, 0.717) is 5.92 Å². The first kappa shape index (κ1) is 11.7. The minimum Gasteiger partial charge on any atom is -0.0837 e. The first-order chi connectivity index (χ1) is 7.70. The lowest BCUT2D eigenvalue weighted by Gasteiger charge is -2.19. The van der Waals surface area contributed by atoms with Gasteiger partial charge < -0.3 is 0 Å². The highest BCUT2D eigenvalue weighted by Crippen LogP contribution is 2.36. The molecule has 0 nitrogen and oxygen atoms in total. The second kappa shape index (κ2) is 5.05. The van der Waals surface area contributed by atoms with Gasteiger partial charge in [0.15, 0.2) is 0 Å². The van der Waals surface area contributed by atoms with Gasteiger partial charge in [0, 0.05) is 5.02 Å². The van der Waals surface area contributed by atoms with Gasteiger partial charge in [-0.15, -0.1) is 0 Å². The molecule has 2 rings (SSSR count). The molecule has 1 heteroatoms. The normalized spacial score (nSPS) is 16.4. The van der Waals surface area contributed by atoms with E-state index in [1.165, 1.54) is 42.4 Å². The Bertz CT molecular complexity index is 402. The topological polar surface area (TPSA) is 0 Å². The van der Waals surface area contributed by atoms with E-state index in [4.69, 9.17) is 11.6 Å². The van der Waals surface area contributed by atoms with Crippen LogP contribution >= 0.6 is 11.6 Å². The summed E-state index contributed by atoms with van der Waals surface area (Å²) >= 11 is 6.37. The van der Waals surface area contributed by atoms with Crippen LogP contribution in [0.1, 0.15) is 56.6 Å². The van der Waals surface area contributed by atoms with Gasteiger partial charge in [-0.05, 0) is 54.4 Å². The number of rotatable bonds is 2. The number of allylic oxidation sites excluding steroid dienone is 2. The molecule has 0 amide bonds. The Morgan fingerprint density at radius 3 is 2.62 bits per heavy atom. The molecule has 0 atom stereocenters. The van der Waals surface area contributed by atoms with Gasteiger partial charge in [-0.2, -0.15) is 0 Å². The molecule has 0 N–H and O–H groups in total. The Hall–Kier alpha value is -0.750. The van der Waals surface area contributed by atoms with Crippen LogP contribution in [0.15, 0.2) is 24.3 Å². The molecular weight excluding hydrogens is 216 g/mol. The van der Waals surface area contributed by atoms with Gasteiger partial charge >= 0.3 is 0 Å². The number of benzene rings is 1. The predicted octanol–water partition coefficient (Wildman–Crippen LogP) is 5.42. The Labute approximate surface area is 103 Å². The molecule has 1 aromatic rings. The lowest BCUT2D eigenvalue weighted by Crippen LogP contribution is -1.99. The second-order valence-corrected chi connectivity index (χ2v) is 5.24. The van der Waals surface area contributed by atoms with Crippen molar-refractivity contribution in [3.63, 3.8) is 0 Å². The van der Waals surface area contributed by atoms with Crippen LogP contribution in [-0.2, 0) is 0 Å². The Morgan fingerprint density at radius 1 is 1.19 bits per heavy atom. The van der Waals surface area contributed by atoms with E-state index in [0.717, 1.165) is 5.02 Å². The van der Waals surface area contributed by atoms with Gasteiger partial charge in [-0.1, -0.05) is 43.7 Å². The van der Waals surface area contributed by atoms with Crippen molar-refractivity contribution in [2.45, 2.75) is 45.4 Å². The fourth-order valence-corrected chi connectivity index (χ4v) is 2.73. The summed E-state index contributed by atoms with van der Waals surface area (Å²) in [6.07, 6.45) is 7.39. The summed E-state index contributed by atoms with van der Waals surface area (Å²) in [5.74, 6) is 0.538. The molecule has 86 valence electrons. The van der Waals surface area contributed by atoms with Crippen molar-refractivity contribution >= 4 is 17.2 Å². The molecule has 0 aliphatic heterocycles. The number of hydrogen-bond acceptors (Lipinski definition) is 0. The molecule has 0 bridgehead atoms. The molecule has 0 aromatic heterocycles. The standard InChI is InChI=1S/C15H19Cl/c1-11(2)13-9-6-10-14(16)15(13)12-7-4-3-5-8-12/h6-7,9-11H,3-5,8H2,1-2H3. The summed E-state index contributed by atoms with van der Waals surface area (Å²) in [5, 5.41) is 0.916. The third-order valence-corrected chi connectivity index (χ3v) is 3.59. The maximum atomic E-state index is 6.37. The zero-order valence-electron chi connectivity index (χ0n) is 10.1. The van der Waals surface area contributed by atoms with Crippen LogP contribution in [0.3, 0.4) is 0 Å². The van der Waals surface area contributed by atoms with Crippen molar-refractivity contribution < 1.29 is 0 Å². The highest BCUT2D eigenvalue weighted by Gasteiger charge is 2.15. The third-order valence-electron chi connectivity index (χ3n) is 3.28. The van der Waals surface area contributed by atoms with E-state index < -0.39 is 0 Å². The summed E-state index contributed by atoms with van der Waals surface area (Å²) in [6.45, 7) is 4.47. The summed E-state index contributed by atoms with van der Waals surface area (Å²) in [4.78, 5) is 0. The maximum absolute atomic E-state index is 6.37. The molecular formula is C15H19Cl. The average molecular weight is 235 g/mol. The quantitative estimate of drug-likeness (QED) is 0.641. The van der Waals surface area contributed by atoms with Crippen molar-refractivity contribution in [3.8, 4) is 0 Å². The van der Waals surface area contributed by atoms with Crippen LogP contribution in [0, 0.1) is 0 Å². The maximum Gasteiger partial charge on any atom is 0.0483 e. The Balaban J connectivity index is 2.49. The summed E-state index contributed by atoms with van der Waals surface area (Å²) in [5.41, 5.74) is 4.15. The van der Waals surface area contributed by atoms with Crippen molar-refractivity contribution in [1.29, 1.82) is 0 Å². The van der Waals surface area contributed by atoms with E-state index in [9.17, 15) is 0 Å². The van der Waals surface area contributed by atoms with E-state index in [-0.39, 0.29) is 0 Å². The molecule has 1 aliphatic carbocycles. The molecule has 0 saturated heterocycles. The largest absolute Gasteiger partial charge is 0.0837 e. The lowest BCUT2D eigenvalue weighted by molar-refractivity contribution is 0.739. The number of halogens is 1. The average Bonchev–Trinajstić information content (AvgIpc) is 2.29. The highest BCUT2D eigenvalue weighted by atomic mass is 35.5. The molecule has 1 aliphatic rings. The van der Waals surface area contributed by atoms with Gasteiger partial charge in [0.25, 0.3) is 0 Å². The highest BCUT2D eigenvalue weighted by molar-refractivity contribution is 6.32. The van der Waals surface area contributed by atoms with Crippen LogP contribution < -0.4 is 0 Å². The zero-order chi connectivity index (χ0) is 11.5. The van der Waals surface area contributed by atoms with E-state index in [1.807, 2.05) is 6.07 Å². The van der Waals surface area contributed by atoms with Crippen molar-refractivity contribution in [2.24, 2.45) is 0 Å². The monoisotopic (exact) mass is 234 g/mol. The molecule has 1 aromatic carbocycles. The second-order valence-electron chi connectivity index (χ2n) is 4.83. The summed E-state index contributed by atoms with van der Waals surface area (Å²) < 4.78 is 0. The van der Waals surface area contributed by atoms with E-state index >= 15 is 0 Å². The Kier molecular flexibility index (Phi) is 3.70. The third kappa shape index (κ3) is 2.32. The van der Waals surface area contributed by atoms with Crippen LogP contribution in [0.5, 0.6) is 0 Å². The van der Waals surface area contributed by atoms with Gasteiger partial charge in [0.2, 0.25) is 0 Å². The van der Waals surface area contributed by atoms with Crippen molar-refractivity contribution in [1.82, 2.24) is 0 Å². The minimum absolute atomic E-state index is 0.538. The molecule has 0 fully saturated rings. The zero-order valence-corrected chi connectivity index (χ0v) is 10.8. The molecule has 0 radical (unpaired) electrons. The fourth-order valence-electron chi connectivity index (χ4n) is 2.43. The fraction of sp³-hybridized carbons (Fsp3) is 0.467. The van der Waals surface area contributed by atoms with E-state index in [2.05, 4.69) is 32.1 Å². The molecule has 0 saturated carbocycles. The predicted molar refractivity (Wildman–Crippen MR) is 72.0 cm³/mol. The SMILES string of the molecule is CC(C)c1cccc(Cl)c1C1=CCCCC1. The van der Waals surface area contributed by atoms with Gasteiger partial charge in [-0.25, -0.2) is 0 Å². The van der Waals surface area contributed by atoms with Crippen LogP contribution in [-0.4, -0.2) is 0 Å². The molecule has 0 unspecified atom stereocenters. The minimum atomic E-state index is 0.538. The molecule has 0 spiro atoms. The summed E-state index contributed by atoms with van der Waals surface area (Å²) in [7, 11) is 0.